The predicted molar refractivity (Wildman–Crippen MR) is 67.2 cm³/mol. The predicted octanol–water partition coefficient (Wildman–Crippen LogP) is 1.49. The summed E-state index contributed by atoms with van der Waals surface area (Å²) in [6, 6.07) is 6.89. The molecule has 0 unspecified atom stereocenters. The van der Waals surface area contributed by atoms with Crippen molar-refractivity contribution >= 4 is 11.4 Å². The molecule has 0 aliphatic carbocycles. The minimum Gasteiger partial charge on any atom is -0.360 e. The zero-order valence-electron chi connectivity index (χ0n) is 10.3. The molecular formula is C12H18N3O2+. The van der Waals surface area contributed by atoms with E-state index in [-0.39, 0.29) is 10.6 Å². The number of quaternary nitrogens is 1. The zero-order chi connectivity index (χ0) is 12.5. The van der Waals surface area contributed by atoms with Crippen molar-refractivity contribution in [3.05, 3.63) is 34.4 Å². The number of hydrogen-bond donors (Lipinski definition) is 0. The summed E-state index contributed by atoms with van der Waals surface area (Å²) >= 11 is 0. The number of hydrogen-bond acceptors (Lipinski definition) is 3. The monoisotopic (exact) mass is 236 g/mol. The summed E-state index contributed by atoms with van der Waals surface area (Å²) in [7, 11) is 4.43. The van der Waals surface area contributed by atoms with Gasteiger partial charge in [0.2, 0.25) is 0 Å². The van der Waals surface area contributed by atoms with Crippen LogP contribution in [0, 0.1) is 10.1 Å². The van der Waals surface area contributed by atoms with Crippen LogP contribution >= 0.6 is 0 Å². The first kappa shape index (κ1) is 11.9. The number of nitro groups is 1. The highest BCUT2D eigenvalue weighted by atomic mass is 16.6. The van der Waals surface area contributed by atoms with E-state index in [9.17, 15) is 10.1 Å². The second-order valence-corrected chi connectivity index (χ2v) is 5.15. The second kappa shape index (κ2) is 4.33. The first-order chi connectivity index (χ1) is 7.98. The highest BCUT2D eigenvalue weighted by molar-refractivity contribution is 5.53. The fourth-order valence-electron chi connectivity index (χ4n) is 2.07. The summed E-state index contributed by atoms with van der Waals surface area (Å²) in [5.74, 6) is 0. The van der Waals surface area contributed by atoms with Gasteiger partial charge in [-0.3, -0.25) is 10.1 Å². The third-order valence-electron chi connectivity index (χ3n) is 3.36. The Morgan fingerprint density at radius 1 is 1.29 bits per heavy atom. The van der Waals surface area contributed by atoms with Gasteiger partial charge in [0.1, 0.15) is 0 Å². The number of nitro benzene ring substituents is 1. The lowest BCUT2D eigenvalue weighted by molar-refractivity contribution is -0.890. The zero-order valence-corrected chi connectivity index (χ0v) is 10.3. The molecule has 0 spiro atoms. The van der Waals surface area contributed by atoms with Crippen LogP contribution in [0.1, 0.15) is 0 Å². The van der Waals surface area contributed by atoms with Crippen molar-refractivity contribution in [2.75, 3.05) is 45.2 Å². The molecule has 1 aliphatic rings. The van der Waals surface area contributed by atoms with E-state index in [1.54, 1.807) is 12.1 Å². The van der Waals surface area contributed by atoms with Crippen molar-refractivity contribution in [3.8, 4) is 0 Å². The Bertz CT molecular complexity index is 422. The number of non-ortho nitro benzene ring substituents is 1. The minimum atomic E-state index is -0.340. The van der Waals surface area contributed by atoms with Crippen LogP contribution in [0.3, 0.4) is 0 Å². The van der Waals surface area contributed by atoms with E-state index < -0.39 is 0 Å². The number of anilines is 1. The maximum Gasteiger partial charge on any atom is 0.271 e. The van der Waals surface area contributed by atoms with E-state index in [4.69, 9.17) is 0 Å². The average Bonchev–Trinajstić information content (AvgIpc) is 2.29. The molecule has 1 saturated heterocycles. The topological polar surface area (TPSA) is 46.4 Å². The highest BCUT2D eigenvalue weighted by Gasteiger charge is 2.24. The summed E-state index contributed by atoms with van der Waals surface area (Å²) in [6.07, 6.45) is 0. The molecule has 1 fully saturated rings. The van der Waals surface area contributed by atoms with Gasteiger partial charge in [0.15, 0.2) is 0 Å². The Morgan fingerprint density at radius 2 is 1.94 bits per heavy atom. The minimum absolute atomic E-state index is 0.168. The van der Waals surface area contributed by atoms with Gasteiger partial charge in [-0.1, -0.05) is 6.07 Å². The number of likely N-dealkylation sites (N-methyl/N-ethyl adjacent to an activating group) is 1. The van der Waals surface area contributed by atoms with Crippen LogP contribution < -0.4 is 4.90 Å². The van der Waals surface area contributed by atoms with Gasteiger partial charge in [-0.05, 0) is 6.07 Å². The van der Waals surface area contributed by atoms with Crippen LogP contribution in [0.15, 0.2) is 24.3 Å². The largest absolute Gasteiger partial charge is 0.360 e. The van der Waals surface area contributed by atoms with Gasteiger partial charge >= 0.3 is 0 Å². The molecule has 5 nitrogen and oxygen atoms in total. The van der Waals surface area contributed by atoms with Crippen molar-refractivity contribution in [1.82, 2.24) is 0 Å². The lowest BCUT2D eigenvalue weighted by Crippen LogP contribution is -2.54. The van der Waals surface area contributed by atoms with Crippen molar-refractivity contribution in [2.45, 2.75) is 0 Å². The molecule has 1 heterocycles. The first-order valence-electron chi connectivity index (χ1n) is 5.79. The van der Waals surface area contributed by atoms with Crippen LogP contribution in [-0.2, 0) is 0 Å². The quantitative estimate of drug-likeness (QED) is 0.444. The van der Waals surface area contributed by atoms with E-state index in [1.165, 1.54) is 6.07 Å². The Labute approximate surface area is 101 Å². The second-order valence-electron chi connectivity index (χ2n) is 5.15. The molecular weight excluding hydrogens is 218 g/mol. The van der Waals surface area contributed by atoms with E-state index in [0.29, 0.717) is 0 Å². The van der Waals surface area contributed by atoms with Gasteiger partial charge in [-0.15, -0.1) is 0 Å². The first-order valence-corrected chi connectivity index (χ1v) is 5.79. The molecule has 1 aromatic carbocycles. The molecule has 92 valence electrons. The fourth-order valence-corrected chi connectivity index (χ4v) is 2.07. The molecule has 0 radical (unpaired) electrons. The lowest BCUT2D eigenvalue weighted by Gasteiger charge is -2.40. The van der Waals surface area contributed by atoms with Gasteiger partial charge < -0.3 is 9.38 Å². The standard InChI is InChI=1S/C12H18N3O2/c1-15(2)8-6-13(7-9-15)11-4-3-5-12(10-11)14(16)17/h3-5,10H,6-9H2,1-2H3/q+1. The van der Waals surface area contributed by atoms with Crippen LogP contribution in [0.5, 0.6) is 0 Å². The van der Waals surface area contributed by atoms with Crippen molar-refractivity contribution < 1.29 is 9.41 Å². The molecule has 0 amide bonds. The average molecular weight is 236 g/mol. The lowest BCUT2D eigenvalue weighted by atomic mass is 10.2. The molecule has 0 saturated carbocycles. The van der Waals surface area contributed by atoms with Gasteiger partial charge in [-0.2, -0.15) is 0 Å². The van der Waals surface area contributed by atoms with Crippen molar-refractivity contribution in [1.29, 1.82) is 0 Å². The summed E-state index contributed by atoms with van der Waals surface area (Å²) in [4.78, 5) is 12.6. The Kier molecular flexibility index (Phi) is 3.02. The van der Waals surface area contributed by atoms with Gasteiger partial charge in [0.05, 0.1) is 45.2 Å². The molecule has 17 heavy (non-hydrogen) atoms. The maximum absolute atomic E-state index is 10.7. The summed E-state index contributed by atoms with van der Waals surface area (Å²) in [6.45, 7) is 4.05. The normalized spacial score (nSPS) is 19.1. The van der Waals surface area contributed by atoms with Gasteiger partial charge in [0, 0.05) is 17.8 Å². The number of rotatable bonds is 2. The number of benzene rings is 1. The Morgan fingerprint density at radius 3 is 2.53 bits per heavy atom. The van der Waals surface area contributed by atoms with E-state index >= 15 is 0 Å². The Balaban J connectivity index is 2.13. The van der Waals surface area contributed by atoms with E-state index in [0.717, 1.165) is 36.3 Å². The Hall–Kier alpha value is -1.62. The van der Waals surface area contributed by atoms with E-state index in [1.807, 2.05) is 6.07 Å². The van der Waals surface area contributed by atoms with E-state index in [2.05, 4.69) is 19.0 Å². The number of nitrogens with zero attached hydrogens (tertiary/aromatic N) is 3. The van der Waals surface area contributed by atoms with Crippen LogP contribution in [-0.4, -0.2) is 49.7 Å². The third kappa shape index (κ3) is 2.74. The molecule has 0 N–H and O–H groups in total. The van der Waals surface area contributed by atoms with Gasteiger partial charge in [0.25, 0.3) is 5.69 Å². The summed E-state index contributed by atoms with van der Waals surface area (Å²) in [5.41, 5.74) is 1.13. The molecule has 2 rings (SSSR count). The highest BCUT2D eigenvalue weighted by Crippen LogP contribution is 2.22. The smallest absolute Gasteiger partial charge is 0.271 e. The van der Waals surface area contributed by atoms with Crippen molar-refractivity contribution in [3.63, 3.8) is 0 Å². The molecule has 1 aromatic rings. The van der Waals surface area contributed by atoms with Crippen LogP contribution in [0.25, 0.3) is 0 Å². The molecule has 0 atom stereocenters. The third-order valence-corrected chi connectivity index (χ3v) is 3.36. The van der Waals surface area contributed by atoms with Crippen molar-refractivity contribution in [2.24, 2.45) is 0 Å². The molecule has 5 heteroatoms. The summed E-state index contributed by atoms with van der Waals surface area (Å²) < 4.78 is 1.02. The molecule has 0 aromatic heterocycles. The number of piperazine rings is 1. The molecule has 1 aliphatic heterocycles. The van der Waals surface area contributed by atoms with Gasteiger partial charge in [-0.25, -0.2) is 0 Å². The molecule has 0 bridgehead atoms. The summed E-state index contributed by atoms with van der Waals surface area (Å²) in [5, 5.41) is 10.7. The SMILES string of the molecule is C[N+]1(C)CCN(c2cccc([N+](=O)[O-])c2)CC1. The van der Waals surface area contributed by atoms with Crippen LogP contribution in [0.4, 0.5) is 11.4 Å². The fraction of sp³-hybridized carbons (Fsp3) is 0.500. The maximum atomic E-state index is 10.7. The van der Waals surface area contributed by atoms with Crippen LogP contribution in [0.2, 0.25) is 0 Å².